The molecule has 1 N–H and O–H groups in total. The molecule has 0 amide bonds. The van der Waals surface area contributed by atoms with Crippen LogP contribution < -0.4 is 5.32 Å². The Bertz CT molecular complexity index is 205. The molecule has 1 fully saturated rings. The molecule has 0 radical (unpaired) electrons. The van der Waals surface area contributed by atoms with Crippen LogP contribution in [-0.2, 0) is 0 Å². The minimum atomic E-state index is 0.538. The summed E-state index contributed by atoms with van der Waals surface area (Å²) >= 11 is 0. The molecule has 18 heavy (non-hydrogen) atoms. The molecule has 0 saturated heterocycles. The van der Waals surface area contributed by atoms with Gasteiger partial charge in [0.15, 0.2) is 0 Å². The van der Waals surface area contributed by atoms with Gasteiger partial charge in [-0.05, 0) is 37.8 Å². The van der Waals surface area contributed by atoms with Crippen molar-refractivity contribution >= 4 is 0 Å². The zero-order valence-corrected chi connectivity index (χ0v) is 13.1. The Kier molecular flexibility index (Phi) is 7.25. The van der Waals surface area contributed by atoms with Crippen LogP contribution in [0.1, 0.15) is 59.3 Å². The Hall–Kier alpha value is -0.0800. The second-order valence-electron chi connectivity index (χ2n) is 6.67. The second-order valence-corrected chi connectivity index (χ2v) is 6.67. The fraction of sp³-hybridized carbons (Fsp3) is 1.00. The number of hydrogen-bond donors (Lipinski definition) is 1. The van der Waals surface area contributed by atoms with Crippen LogP contribution in [0.2, 0.25) is 0 Å². The van der Waals surface area contributed by atoms with Crippen molar-refractivity contribution in [2.24, 2.45) is 11.3 Å². The third-order valence-electron chi connectivity index (χ3n) is 4.35. The summed E-state index contributed by atoms with van der Waals surface area (Å²) in [6, 6.07) is 0. The van der Waals surface area contributed by atoms with Gasteiger partial charge in [-0.2, -0.15) is 0 Å². The van der Waals surface area contributed by atoms with E-state index in [-0.39, 0.29) is 0 Å². The molecule has 0 aromatic heterocycles. The Morgan fingerprint density at radius 1 is 1.11 bits per heavy atom. The van der Waals surface area contributed by atoms with Gasteiger partial charge in [0.2, 0.25) is 0 Å². The molecule has 2 heteroatoms. The molecule has 1 rings (SSSR count). The van der Waals surface area contributed by atoms with Crippen molar-refractivity contribution in [3.05, 3.63) is 0 Å². The van der Waals surface area contributed by atoms with Gasteiger partial charge >= 0.3 is 0 Å². The first-order valence-electron chi connectivity index (χ1n) is 7.99. The van der Waals surface area contributed by atoms with E-state index in [0.29, 0.717) is 5.41 Å². The number of nitrogens with zero attached hydrogens (tertiary/aromatic N) is 1. The Labute approximate surface area is 115 Å². The topological polar surface area (TPSA) is 15.3 Å². The van der Waals surface area contributed by atoms with Crippen molar-refractivity contribution in [2.75, 3.05) is 33.2 Å². The van der Waals surface area contributed by atoms with Gasteiger partial charge in [0.1, 0.15) is 0 Å². The van der Waals surface area contributed by atoms with Crippen LogP contribution in [0.3, 0.4) is 0 Å². The van der Waals surface area contributed by atoms with Crippen molar-refractivity contribution in [3.8, 4) is 0 Å². The van der Waals surface area contributed by atoms with E-state index in [9.17, 15) is 0 Å². The Balaban J connectivity index is 2.63. The molecule has 0 spiro atoms. The quantitative estimate of drug-likeness (QED) is 0.699. The molecular weight excluding hydrogens is 220 g/mol. The van der Waals surface area contributed by atoms with Crippen LogP contribution in [0.15, 0.2) is 0 Å². The fourth-order valence-corrected chi connectivity index (χ4v) is 3.54. The maximum absolute atomic E-state index is 3.46. The lowest BCUT2D eigenvalue weighted by Crippen LogP contribution is -2.44. The fourth-order valence-electron chi connectivity index (χ4n) is 3.54. The van der Waals surface area contributed by atoms with Crippen LogP contribution in [0.4, 0.5) is 0 Å². The van der Waals surface area contributed by atoms with E-state index in [1.54, 1.807) is 0 Å². The highest BCUT2D eigenvalue weighted by Gasteiger charge is 2.32. The minimum Gasteiger partial charge on any atom is -0.319 e. The average Bonchev–Trinajstić information content (AvgIpc) is 2.54. The first-order valence-corrected chi connectivity index (χ1v) is 7.99. The highest BCUT2D eigenvalue weighted by molar-refractivity contribution is 4.86. The van der Waals surface area contributed by atoms with Crippen LogP contribution in [0.25, 0.3) is 0 Å². The molecule has 0 atom stereocenters. The van der Waals surface area contributed by atoms with E-state index in [1.807, 2.05) is 0 Å². The summed E-state index contributed by atoms with van der Waals surface area (Å²) in [4.78, 5) is 2.67. The van der Waals surface area contributed by atoms with Crippen molar-refractivity contribution in [2.45, 2.75) is 59.3 Å². The molecule has 2 nitrogen and oxygen atoms in total. The Morgan fingerprint density at radius 2 is 1.72 bits per heavy atom. The molecule has 0 heterocycles. The number of hydrogen-bond acceptors (Lipinski definition) is 2. The van der Waals surface area contributed by atoms with Crippen molar-refractivity contribution in [1.82, 2.24) is 10.2 Å². The van der Waals surface area contributed by atoms with E-state index < -0.39 is 0 Å². The SMILES string of the molecule is CCN(CC(C)C)CC1(CNC)CCCCCC1. The van der Waals surface area contributed by atoms with Gasteiger partial charge < -0.3 is 10.2 Å². The van der Waals surface area contributed by atoms with Gasteiger partial charge in [0, 0.05) is 19.6 Å². The number of nitrogens with one attached hydrogen (secondary N) is 1. The molecule has 1 aliphatic carbocycles. The van der Waals surface area contributed by atoms with Gasteiger partial charge in [-0.15, -0.1) is 0 Å². The van der Waals surface area contributed by atoms with Crippen LogP contribution in [0, 0.1) is 11.3 Å². The van der Waals surface area contributed by atoms with E-state index in [1.165, 1.54) is 64.7 Å². The van der Waals surface area contributed by atoms with Crippen LogP contribution >= 0.6 is 0 Å². The molecule has 0 aromatic rings. The molecular formula is C16H34N2. The van der Waals surface area contributed by atoms with Gasteiger partial charge in [-0.25, -0.2) is 0 Å². The third-order valence-corrected chi connectivity index (χ3v) is 4.35. The van der Waals surface area contributed by atoms with E-state index >= 15 is 0 Å². The molecule has 1 aliphatic rings. The predicted octanol–water partition coefficient (Wildman–Crippen LogP) is 3.52. The normalized spacial score (nSPS) is 20.3. The summed E-state index contributed by atoms with van der Waals surface area (Å²) in [5.74, 6) is 0.780. The van der Waals surface area contributed by atoms with Crippen molar-refractivity contribution in [1.29, 1.82) is 0 Å². The summed E-state index contributed by atoms with van der Waals surface area (Å²) in [5, 5.41) is 3.46. The molecule has 0 aliphatic heterocycles. The summed E-state index contributed by atoms with van der Waals surface area (Å²) in [5.41, 5.74) is 0.538. The molecule has 0 aromatic carbocycles. The monoisotopic (exact) mass is 254 g/mol. The smallest absolute Gasteiger partial charge is 0.00501 e. The maximum atomic E-state index is 3.46. The standard InChI is InChI=1S/C16H34N2/c1-5-18(12-15(2)3)14-16(13-17-4)10-8-6-7-9-11-16/h15,17H,5-14H2,1-4H3. The van der Waals surface area contributed by atoms with Crippen LogP contribution in [-0.4, -0.2) is 38.1 Å². The third kappa shape index (κ3) is 5.27. The molecule has 108 valence electrons. The summed E-state index contributed by atoms with van der Waals surface area (Å²) < 4.78 is 0. The first-order chi connectivity index (χ1) is 8.62. The molecule has 1 saturated carbocycles. The summed E-state index contributed by atoms with van der Waals surface area (Å²) in [6.45, 7) is 11.9. The number of rotatable bonds is 7. The summed E-state index contributed by atoms with van der Waals surface area (Å²) in [6.07, 6.45) is 8.59. The summed E-state index contributed by atoms with van der Waals surface area (Å²) in [7, 11) is 2.12. The maximum Gasteiger partial charge on any atom is 0.00501 e. The zero-order valence-electron chi connectivity index (χ0n) is 13.1. The largest absolute Gasteiger partial charge is 0.319 e. The Morgan fingerprint density at radius 3 is 2.17 bits per heavy atom. The van der Waals surface area contributed by atoms with Gasteiger partial charge in [-0.1, -0.05) is 46.5 Å². The van der Waals surface area contributed by atoms with Gasteiger partial charge in [-0.3, -0.25) is 0 Å². The predicted molar refractivity (Wildman–Crippen MR) is 81.0 cm³/mol. The second kappa shape index (κ2) is 8.16. The highest BCUT2D eigenvalue weighted by Crippen LogP contribution is 2.35. The van der Waals surface area contributed by atoms with E-state index in [2.05, 4.69) is 38.0 Å². The minimum absolute atomic E-state index is 0.538. The van der Waals surface area contributed by atoms with Crippen molar-refractivity contribution < 1.29 is 0 Å². The van der Waals surface area contributed by atoms with E-state index in [4.69, 9.17) is 0 Å². The zero-order chi connectivity index (χ0) is 13.4. The van der Waals surface area contributed by atoms with Crippen molar-refractivity contribution in [3.63, 3.8) is 0 Å². The lowest BCUT2D eigenvalue weighted by Gasteiger charge is -2.38. The van der Waals surface area contributed by atoms with Gasteiger partial charge in [0.05, 0.1) is 0 Å². The average molecular weight is 254 g/mol. The van der Waals surface area contributed by atoms with Gasteiger partial charge in [0.25, 0.3) is 0 Å². The molecule has 0 bridgehead atoms. The van der Waals surface area contributed by atoms with E-state index in [0.717, 1.165) is 5.92 Å². The lowest BCUT2D eigenvalue weighted by molar-refractivity contribution is 0.123. The first kappa shape index (κ1) is 16.0. The highest BCUT2D eigenvalue weighted by atomic mass is 15.1. The molecule has 0 unspecified atom stereocenters. The lowest BCUT2D eigenvalue weighted by atomic mass is 9.79. The van der Waals surface area contributed by atoms with Crippen LogP contribution in [0.5, 0.6) is 0 Å².